The topological polar surface area (TPSA) is 99.1 Å². The minimum absolute atomic E-state index is 0. The number of rotatable bonds is 6. The summed E-state index contributed by atoms with van der Waals surface area (Å²) in [6, 6.07) is 0. The average Bonchev–Trinajstić information content (AvgIpc) is 1.82. The molecular weight excluding hydrogens is 230 g/mol. The molecule has 1 N–H and O–H groups in total. The molecule has 0 bridgehead atoms. The van der Waals surface area contributed by atoms with Gasteiger partial charge in [0.1, 0.15) is 0 Å². The molecular formula is C4H12LiO7PS. The van der Waals surface area contributed by atoms with E-state index in [4.69, 9.17) is 4.55 Å². The van der Waals surface area contributed by atoms with Crippen molar-refractivity contribution in [1.82, 2.24) is 0 Å². The van der Waals surface area contributed by atoms with Crippen LogP contribution >= 0.6 is 7.82 Å². The molecule has 0 fully saturated rings. The Morgan fingerprint density at radius 2 is 1.57 bits per heavy atom. The van der Waals surface area contributed by atoms with Crippen LogP contribution in [-0.4, -0.2) is 45.0 Å². The molecule has 0 aromatic carbocycles. The van der Waals surface area contributed by atoms with E-state index in [9.17, 15) is 13.0 Å². The Balaban J connectivity index is 0. The summed E-state index contributed by atoms with van der Waals surface area (Å²) < 4.78 is 52.4. The first-order chi connectivity index (χ1) is 5.83. The van der Waals surface area contributed by atoms with Gasteiger partial charge in [-0.15, -0.1) is 3.97 Å². The standard InChI is InChI=1S/C4H11O7PS.Li.H/c1-3-9-12(5,10-4-2)11-13(6,7)8;;/h3-4H2,1-2H3,(H,6,7,8);;. The molecule has 0 aliphatic carbocycles. The molecule has 0 heterocycles. The van der Waals surface area contributed by atoms with Gasteiger partial charge in [0.15, 0.2) is 0 Å². The maximum absolute atomic E-state index is 11.2. The molecule has 7 nitrogen and oxygen atoms in total. The first-order valence-corrected chi connectivity index (χ1v) is 6.23. The Morgan fingerprint density at radius 3 is 1.79 bits per heavy atom. The predicted octanol–water partition coefficient (Wildman–Crippen LogP) is 0.338. The van der Waals surface area contributed by atoms with E-state index in [0.717, 1.165) is 0 Å². The van der Waals surface area contributed by atoms with E-state index in [0.29, 0.717) is 0 Å². The van der Waals surface area contributed by atoms with Crippen molar-refractivity contribution in [3.63, 3.8) is 0 Å². The van der Waals surface area contributed by atoms with Crippen molar-refractivity contribution in [3.05, 3.63) is 0 Å². The second-order valence-corrected chi connectivity index (χ2v) is 4.65. The molecule has 0 atom stereocenters. The summed E-state index contributed by atoms with van der Waals surface area (Å²) in [4.78, 5) is 0. The molecule has 0 aliphatic heterocycles. The van der Waals surface area contributed by atoms with Gasteiger partial charge in [0.05, 0.1) is 13.2 Å². The molecule has 0 radical (unpaired) electrons. The summed E-state index contributed by atoms with van der Waals surface area (Å²) in [6.45, 7) is 2.82. The van der Waals surface area contributed by atoms with Crippen LogP contribution in [0.15, 0.2) is 0 Å². The zero-order valence-corrected chi connectivity index (χ0v) is 8.88. The summed E-state index contributed by atoms with van der Waals surface area (Å²) in [5.41, 5.74) is 0. The van der Waals surface area contributed by atoms with Gasteiger partial charge in [-0.1, -0.05) is 0 Å². The summed E-state index contributed by atoms with van der Waals surface area (Å²) in [5, 5.41) is 0. The van der Waals surface area contributed by atoms with E-state index in [-0.39, 0.29) is 32.1 Å². The Kier molecular flexibility index (Phi) is 8.49. The molecule has 14 heavy (non-hydrogen) atoms. The van der Waals surface area contributed by atoms with Crippen LogP contribution in [-0.2, 0) is 28.0 Å². The van der Waals surface area contributed by atoms with Crippen LogP contribution in [0.5, 0.6) is 0 Å². The van der Waals surface area contributed by atoms with E-state index in [1.165, 1.54) is 13.8 Å². The van der Waals surface area contributed by atoms with Crippen molar-refractivity contribution in [2.75, 3.05) is 13.2 Å². The van der Waals surface area contributed by atoms with Gasteiger partial charge in [-0.3, -0.25) is 13.6 Å². The Bertz CT molecular complexity index is 278. The van der Waals surface area contributed by atoms with Crippen LogP contribution < -0.4 is 0 Å². The molecule has 0 saturated heterocycles. The van der Waals surface area contributed by atoms with Gasteiger partial charge >= 0.3 is 37.1 Å². The quantitative estimate of drug-likeness (QED) is 0.407. The van der Waals surface area contributed by atoms with Crippen LogP contribution in [0, 0.1) is 0 Å². The Hall–Kier alpha value is 0.617. The summed E-state index contributed by atoms with van der Waals surface area (Å²) >= 11 is 0. The molecule has 0 amide bonds. The SMILES string of the molecule is CCOP(=O)(OCC)OS(=O)(=O)O.[LiH]. The molecule has 0 aliphatic rings. The molecule has 82 valence electrons. The first-order valence-electron chi connectivity index (χ1n) is 3.40. The van der Waals surface area contributed by atoms with E-state index < -0.39 is 18.2 Å². The Morgan fingerprint density at radius 1 is 1.21 bits per heavy atom. The molecule has 0 rings (SSSR count). The zero-order valence-electron chi connectivity index (χ0n) is 7.17. The van der Waals surface area contributed by atoms with Crippen LogP contribution in [0.3, 0.4) is 0 Å². The van der Waals surface area contributed by atoms with Crippen molar-refractivity contribution < 1.29 is 30.6 Å². The van der Waals surface area contributed by atoms with Crippen LogP contribution in [0.2, 0.25) is 0 Å². The maximum atomic E-state index is 11.2. The predicted molar refractivity (Wildman–Crippen MR) is 50.6 cm³/mol. The van der Waals surface area contributed by atoms with Crippen molar-refractivity contribution in [1.29, 1.82) is 0 Å². The second kappa shape index (κ2) is 6.98. The first kappa shape index (κ1) is 17.0. The number of hydrogen-bond acceptors (Lipinski definition) is 6. The van der Waals surface area contributed by atoms with Gasteiger partial charge in [-0.25, -0.2) is 4.57 Å². The summed E-state index contributed by atoms with van der Waals surface area (Å²) in [7, 11) is -9.02. The van der Waals surface area contributed by atoms with E-state index in [1.54, 1.807) is 0 Å². The number of hydrogen-bond donors (Lipinski definition) is 1. The van der Waals surface area contributed by atoms with Crippen molar-refractivity contribution in [3.8, 4) is 0 Å². The van der Waals surface area contributed by atoms with E-state index in [1.807, 2.05) is 0 Å². The molecule has 0 aromatic rings. The van der Waals surface area contributed by atoms with E-state index >= 15 is 0 Å². The average molecular weight is 242 g/mol. The van der Waals surface area contributed by atoms with Crippen molar-refractivity contribution in [2.24, 2.45) is 0 Å². The van der Waals surface area contributed by atoms with Crippen molar-refractivity contribution in [2.45, 2.75) is 13.8 Å². The van der Waals surface area contributed by atoms with Crippen molar-refractivity contribution >= 4 is 37.1 Å². The van der Waals surface area contributed by atoms with Gasteiger partial charge in [-0.2, -0.15) is 8.42 Å². The van der Waals surface area contributed by atoms with Gasteiger partial charge in [0.2, 0.25) is 0 Å². The molecule has 0 saturated carbocycles. The van der Waals surface area contributed by atoms with Gasteiger partial charge in [0.25, 0.3) is 0 Å². The Labute approximate surface area is 94.9 Å². The van der Waals surface area contributed by atoms with Gasteiger partial charge in [0, 0.05) is 0 Å². The summed E-state index contributed by atoms with van der Waals surface area (Å²) in [5.74, 6) is 0. The fourth-order valence-corrected chi connectivity index (χ4v) is 2.49. The molecule has 0 aromatic heterocycles. The van der Waals surface area contributed by atoms with Crippen LogP contribution in [0.4, 0.5) is 0 Å². The zero-order chi connectivity index (χ0) is 10.5. The third kappa shape index (κ3) is 7.97. The third-order valence-electron chi connectivity index (χ3n) is 0.760. The fraction of sp³-hybridized carbons (Fsp3) is 1.00. The molecule has 0 unspecified atom stereocenters. The number of phosphoric acid groups is 1. The molecule has 10 heteroatoms. The van der Waals surface area contributed by atoms with E-state index in [2.05, 4.69) is 13.0 Å². The fourth-order valence-electron chi connectivity index (χ4n) is 0.512. The third-order valence-corrected chi connectivity index (χ3v) is 3.39. The van der Waals surface area contributed by atoms with Gasteiger partial charge < -0.3 is 0 Å². The summed E-state index contributed by atoms with van der Waals surface area (Å²) in [6.07, 6.45) is 0. The minimum atomic E-state index is -4.84. The number of phosphoric ester groups is 1. The molecule has 0 spiro atoms. The van der Waals surface area contributed by atoms with Gasteiger partial charge in [-0.05, 0) is 13.8 Å². The van der Waals surface area contributed by atoms with Crippen LogP contribution in [0.1, 0.15) is 13.8 Å². The second-order valence-electron chi connectivity index (χ2n) is 1.79. The monoisotopic (exact) mass is 242 g/mol. The van der Waals surface area contributed by atoms with Crippen LogP contribution in [0.25, 0.3) is 0 Å². The normalized spacial score (nSPS) is 12.2.